The van der Waals surface area contributed by atoms with Gasteiger partial charge in [-0.05, 0) is 55.9 Å². The van der Waals surface area contributed by atoms with Gasteiger partial charge < -0.3 is 4.84 Å². The summed E-state index contributed by atoms with van der Waals surface area (Å²) >= 11 is 0. The van der Waals surface area contributed by atoms with Crippen molar-refractivity contribution < 1.29 is 4.84 Å². The maximum atomic E-state index is 5.56. The van der Waals surface area contributed by atoms with E-state index in [1.165, 1.54) is 40.8 Å². The van der Waals surface area contributed by atoms with Crippen LogP contribution in [-0.2, 0) is 11.3 Å². The Morgan fingerprint density at radius 1 is 1.29 bits per heavy atom. The van der Waals surface area contributed by atoms with Gasteiger partial charge in [-0.1, -0.05) is 18.1 Å². The molecule has 1 heterocycles. The molecule has 2 nitrogen and oxygen atoms in total. The molecule has 3 rings (SSSR count). The number of hydrogen-bond acceptors (Lipinski definition) is 2. The first-order chi connectivity index (χ1) is 8.20. The molecule has 90 valence electrons. The van der Waals surface area contributed by atoms with Crippen molar-refractivity contribution in [3.05, 3.63) is 34.4 Å². The molecule has 0 fully saturated rings. The van der Waals surface area contributed by atoms with Crippen LogP contribution in [0.1, 0.15) is 42.0 Å². The summed E-state index contributed by atoms with van der Waals surface area (Å²) in [6, 6.07) is 4.61. The van der Waals surface area contributed by atoms with E-state index in [0.717, 1.165) is 6.42 Å². The van der Waals surface area contributed by atoms with Crippen LogP contribution in [0.4, 0.5) is 0 Å². The second-order valence-electron chi connectivity index (χ2n) is 5.27. The number of rotatable bonds is 1. The first-order valence-electron chi connectivity index (χ1n) is 6.55. The molecule has 0 spiro atoms. The Hall–Kier alpha value is -1.31. The third-order valence-corrected chi connectivity index (χ3v) is 4.21. The topological polar surface area (TPSA) is 21.6 Å². The summed E-state index contributed by atoms with van der Waals surface area (Å²) in [5.41, 5.74) is 6.71. The fraction of sp³-hybridized carbons (Fsp3) is 0.533. The normalized spacial score (nSPS) is 25.9. The molecule has 0 bridgehead atoms. The summed E-state index contributed by atoms with van der Waals surface area (Å²) in [7, 11) is 0. The van der Waals surface area contributed by atoms with Gasteiger partial charge in [-0.2, -0.15) is 0 Å². The van der Waals surface area contributed by atoms with E-state index < -0.39 is 0 Å². The van der Waals surface area contributed by atoms with Gasteiger partial charge in [0.25, 0.3) is 0 Å². The summed E-state index contributed by atoms with van der Waals surface area (Å²) in [5, 5.41) is 4.34. The van der Waals surface area contributed by atoms with Crippen molar-refractivity contribution in [1.29, 1.82) is 0 Å². The number of hydrogen-bond donors (Lipinski definition) is 0. The van der Waals surface area contributed by atoms with Crippen molar-refractivity contribution in [3.8, 4) is 0 Å². The Morgan fingerprint density at radius 3 is 2.82 bits per heavy atom. The minimum Gasteiger partial charge on any atom is -0.392 e. The molecule has 2 aliphatic rings. The molecule has 1 aliphatic heterocycles. The maximum Gasteiger partial charge on any atom is 0.135 e. The van der Waals surface area contributed by atoms with Crippen LogP contribution in [-0.4, -0.2) is 11.8 Å². The van der Waals surface area contributed by atoms with E-state index in [9.17, 15) is 0 Å². The summed E-state index contributed by atoms with van der Waals surface area (Å²) < 4.78 is 0. The highest BCUT2D eigenvalue weighted by molar-refractivity contribution is 6.05. The highest BCUT2D eigenvalue weighted by Crippen LogP contribution is 2.35. The number of nitrogens with zero attached hydrogens (tertiary/aromatic N) is 1. The van der Waals surface area contributed by atoms with Crippen LogP contribution in [0.15, 0.2) is 17.3 Å². The van der Waals surface area contributed by atoms with E-state index in [4.69, 9.17) is 4.84 Å². The standard InChI is InChI=1S/C15H19NO/c1-4-14-12-6-5-11-7-9(2)10(3)8-13(11)15(12)16-17-14/h7-8,12,14H,4-6H2,1-3H3. The van der Waals surface area contributed by atoms with Crippen molar-refractivity contribution in [1.82, 2.24) is 0 Å². The molecule has 0 saturated heterocycles. The Labute approximate surface area is 103 Å². The van der Waals surface area contributed by atoms with Gasteiger partial charge in [0.2, 0.25) is 0 Å². The molecule has 2 unspecified atom stereocenters. The molecule has 0 saturated carbocycles. The predicted molar refractivity (Wildman–Crippen MR) is 69.4 cm³/mol. The van der Waals surface area contributed by atoms with Gasteiger partial charge >= 0.3 is 0 Å². The SMILES string of the molecule is CCC1ON=C2c3cc(C)c(C)cc3CCC21. The summed E-state index contributed by atoms with van der Waals surface area (Å²) in [5.74, 6) is 0.523. The van der Waals surface area contributed by atoms with Crippen LogP contribution in [0.25, 0.3) is 0 Å². The number of fused-ring (bicyclic) bond motifs is 3. The Bertz CT molecular complexity index is 490. The lowest BCUT2D eigenvalue weighted by Gasteiger charge is -2.24. The average Bonchev–Trinajstić information content (AvgIpc) is 2.74. The van der Waals surface area contributed by atoms with E-state index in [0.29, 0.717) is 12.0 Å². The largest absolute Gasteiger partial charge is 0.392 e. The summed E-state index contributed by atoms with van der Waals surface area (Å²) in [6.07, 6.45) is 3.71. The van der Waals surface area contributed by atoms with Crippen molar-refractivity contribution in [3.63, 3.8) is 0 Å². The van der Waals surface area contributed by atoms with Gasteiger partial charge in [0.1, 0.15) is 6.10 Å². The van der Waals surface area contributed by atoms with Crippen molar-refractivity contribution in [2.45, 2.75) is 46.1 Å². The van der Waals surface area contributed by atoms with Gasteiger partial charge in [-0.25, -0.2) is 0 Å². The molecule has 17 heavy (non-hydrogen) atoms. The molecule has 1 aromatic rings. The van der Waals surface area contributed by atoms with Gasteiger partial charge in [0, 0.05) is 11.5 Å². The third kappa shape index (κ3) is 1.58. The second-order valence-corrected chi connectivity index (χ2v) is 5.27. The van der Waals surface area contributed by atoms with Gasteiger partial charge in [0.05, 0.1) is 5.71 Å². The maximum absolute atomic E-state index is 5.56. The number of benzene rings is 1. The average molecular weight is 229 g/mol. The summed E-state index contributed by atoms with van der Waals surface area (Å²) in [4.78, 5) is 5.56. The molecule has 0 radical (unpaired) electrons. The van der Waals surface area contributed by atoms with Crippen molar-refractivity contribution >= 4 is 5.71 Å². The zero-order chi connectivity index (χ0) is 12.0. The zero-order valence-electron chi connectivity index (χ0n) is 10.8. The quantitative estimate of drug-likeness (QED) is 0.723. The van der Waals surface area contributed by atoms with Crippen LogP contribution in [0, 0.1) is 19.8 Å². The molecule has 0 amide bonds. The minimum absolute atomic E-state index is 0.305. The van der Waals surface area contributed by atoms with E-state index >= 15 is 0 Å². The van der Waals surface area contributed by atoms with E-state index in [2.05, 4.69) is 38.1 Å². The molecule has 2 atom stereocenters. The summed E-state index contributed by atoms with van der Waals surface area (Å²) in [6.45, 7) is 6.54. The highest BCUT2D eigenvalue weighted by Gasteiger charge is 2.37. The lowest BCUT2D eigenvalue weighted by atomic mass is 9.78. The lowest BCUT2D eigenvalue weighted by Crippen LogP contribution is -2.28. The van der Waals surface area contributed by atoms with Gasteiger partial charge in [-0.15, -0.1) is 0 Å². The second kappa shape index (κ2) is 3.86. The molecule has 1 aliphatic carbocycles. The van der Waals surface area contributed by atoms with Crippen LogP contribution in [0.2, 0.25) is 0 Å². The van der Waals surface area contributed by atoms with Crippen LogP contribution in [0.5, 0.6) is 0 Å². The lowest BCUT2D eigenvalue weighted by molar-refractivity contribution is 0.0573. The van der Waals surface area contributed by atoms with Gasteiger partial charge in [-0.3, -0.25) is 0 Å². The first kappa shape index (κ1) is 10.8. The predicted octanol–water partition coefficient (Wildman–Crippen LogP) is 3.38. The van der Waals surface area contributed by atoms with E-state index in [-0.39, 0.29) is 0 Å². The smallest absolute Gasteiger partial charge is 0.135 e. The highest BCUT2D eigenvalue weighted by atomic mass is 16.6. The Morgan fingerprint density at radius 2 is 2.06 bits per heavy atom. The van der Waals surface area contributed by atoms with E-state index in [1.807, 2.05) is 0 Å². The molecule has 2 heteroatoms. The first-order valence-corrected chi connectivity index (χ1v) is 6.55. The number of aryl methyl sites for hydroxylation is 3. The van der Waals surface area contributed by atoms with Crippen LogP contribution >= 0.6 is 0 Å². The van der Waals surface area contributed by atoms with Crippen molar-refractivity contribution in [2.24, 2.45) is 11.1 Å². The minimum atomic E-state index is 0.305. The fourth-order valence-corrected chi connectivity index (χ4v) is 3.00. The third-order valence-electron chi connectivity index (χ3n) is 4.21. The Kier molecular flexibility index (Phi) is 2.46. The van der Waals surface area contributed by atoms with Gasteiger partial charge in [0.15, 0.2) is 0 Å². The number of oxime groups is 1. The Balaban J connectivity index is 2.06. The van der Waals surface area contributed by atoms with E-state index in [1.54, 1.807) is 0 Å². The van der Waals surface area contributed by atoms with Crippen LogP contribution in [0.3, 0.4) is 0 Å². The molecular formula is C15H19NO. The molecule has 1 aromatic carbocycles. The molecular weight excluding hydrogens is 210 g/mol. The molecule has 0 aromatic heterocycles. The zero-order valence-corrected chi connectivity index (χ0v) is 10.8. The fourth-order valence-electron chi connectivity index (χ4n) is 3.00. The van der Waals surface area contributed by atoms with Crippen molar-refractivity contribution in [2.75, 3.05) is 0 Å². The van der Waals surface area contributed by atoms with Crippen LogP contribution < -0.4 is 0 Å². The monoisotopic (exact) mass is 229 g/mol. The molecule has 0 N–H and O–H groups in total.